The van der Waals surface area contributed by atoms with Crippen molar-refractivity contribution in [2.45, 2.75) is 37.5 Å². The molecule has 1 aliphatic rings. The van der Waals surface area contributed by atoms with E-state index in [1.807, 2.05) is 0 Å². The van der Waals surface area contributed by atoms with Crippen LogP contribution in [0.25, 0.3) is 22.3 Å². The smallest absolute Gasteiger partial charge is 0.0162 e. The number of benzene rings is 4. The molecular weight excluding hydrogens is 360 g/mol. The molecule has 4 aromatic rings. The van der Waals surface area contributed by atoms with Crippen LogP contribution in [0, 0.1) is 0 Å². The monoisotopic (exact) mass is 388 g/mol. The Bertz CT molecular complexity index is 961. The van der Waals surface area contributed by atoms with Crippen molar-refractivity contribution in [2.24, 2.45) is 0 Å². The zero-order valence-electron chi connectivity index (χ0n) is 17.4. The van der Waals surface area contributed by atoms with Crippen molar-refractivity contribution in [1.82, 2.24) is 0 Å². The minimum atomic E-state index is 0.703. The fraction of sp³-hybridized carbons (Fsp3) is 0.200. The van der Waals surface area contributed by atoms with Crippen molar-refractivity contribution in [2.75, 3.05) is 0 Å². The van der Waals surface area contributed by atoms with Gasteiger partial charge in [-0.1, -0.05) is 109 Å². The second-order valence-electron chi connectivity index (χ2n) is 8.52. The van der Waals surface area contributed by atoms with Crippen LogP contribution in [-0.4, -0.2) is 0 Å². The van der Waals surface area contributed by atoms with E-state index in [1.54, 1.807) is 0 Å². The molecule has 4 aromatic carbocycles. The van der Waals surface area contributed by atoms with Crippen molar-refractivity contribution < 1.29 is 0 Å². The summed E-state index contributed by atoms with van der Waals surface area (Å²) in [5.41, 5.74) is 8.23. The van der Waals surface area contributed by atoms with Crippen LogP contribution < -0.4 is 0 Å². The summed E-state index contributed by atoms with van der Waals surface area (Å²) in [6.07, 6.45) is 5.15. The Morgan fingerprint density at radius 1 is 0.333 bits per heavy atom. The predicted octanol–water partition coefficient (Wildman–Crippen LogP) is 8.46. The third kappa shape index (κ3) is 4.09. The lowest BCUT2D eigenvalue weighted by atomic mass is 9.76. The van der Waals surface area contributed by atoms with Gasteiger partial charge in [0, 0.05) is 0 Å². The highest BCUT2D eigenvalue weighted by Gasteiger charge is 2.23. The molecule has 148 valence electrons. The van der Waals surface area contributed by atoms with Gasteiger partial charge in [0.25, 0.3) is 0 Å². The minimum absolute atomic E-state index is 0.703. The van der Waals surface area contributed by atoms with Gasteiger partial charge in [-0.25, -0.2) is 0 Å². The largest absolute Gasteiger partial charge is 0.0622 e. The molecule has 0 atom stereocenters. The topological polar surface area (TPSA) is 0 Å². The molecule has 0 unspecified atom stereocenters. The van der Waals surface area contributed by atoms with E-state index in [0.717, 1.165) is 0 Å². The van der Waals surface area contributed by atoms with Gasteiger partial charge in [-0.05, 0) is 70.9 Å². The van der Waals surface area contributed by atoms with E-state index in [0.29, 0.717) is 11.8 Å². The zero-order valence-corrected chi connectivity index (χ0v) is 17.4. The van der Waals surface area contributed by atoms with Crippen LogP contribution >= 0.6 is 0 Å². The molecule has 0 heteroatoms. The highest BCUT2D eigenvalue weighted by Crippen LogP contribution is 2.41. The molecule has 5 rings (SSSR count). The summed E-state index contributed by atoms with van der Waals surface area (Å²) in [6.45, 7) is 0. The van der Waals surface area contributed by atoms with Crippen LogP contribution in [0.3, 0.4) is 0 Å². The number of hydrogen-bond acceptors (Lipinski definition) is 0. The molecule has 0 aliphatic heterocycles. The molecule has 30 heavy (non-hydrogen) atoms. The van der Waals surface area contributed by atoms with Crippen LogP contribution in [0.1, 0.15) is 48.6 Å². The third-order valence-corrected chi connectivity index (χ3v) is 6.71. The summed E-state index contributed by atoms with van der Waals surface area (Å²) in [7, 11) is 0. The van der Waals surface area contributed by atoms with Gasteiger partial charge in [-0.3, -0.25) is 0 Å². The Morgan fingerprint density at radius 2 is 0.633 bits per heavy atom. The van der Waals surface area contributed by atoms with E-state index in [4.69, 9.17) is 0 Å². The number of hydrogen-bond donors (Lipinski definition) is 0. The summed E-state index contributed by atoms with van der Waals surface area (Å²) in [4.78, 5) is 0. The molecule has 0 amide bonds. The molecule has 0 N–H and O–H groups in total. The SMILES string of the molecule is c1ccc(-c2ccc(C3CCC(c4ccc(-c5ccccc5)cc4)CC3)cc2)cc1. The van der Waals surface area contributed by atoms with Gasteiger partial charge >= 0.3 is 0 Å². The zero-order chi connectivity index (χ0) is 20.2. The molecule has 1 fully saturated rings. The quantitative estimate of drug-likeness (QED) is 0.329. The van der Waals surface area contributed by atoms with Gasteiger partial charge in [0.15, 0.2) is 0 Å². The van der Waals surface area contributed by atoms with Crippen LogP contribution in [0.4, 0.5) is 0 Å². The van der Waals surface area contributed by atoms with Crippen molar-refractivity contribution in [3.63, 3.8) is 0 Å². The average Bonchev–Trinajstić information content (AvgIpc) is 2.85. The Labute approximate surface area is 180 Å². The Morgan fingerprint density at radius 3 is 0.967 bits per heavy atom. The number of rotatable bonds is 4. The summed E-state index contributed by atoms with van der Waals surface area (Å²) >= 11 is 0. The van der Waals surface area contributed by atoms with Crippen LogP contribution in [0.2, 0.25) is 0 Å². The molecular formula is C30H28. The lowest BCUT2D eigenvalue weighted by Gasteiger charge is -2.29. The van der Waals surface area contributed by atoms with E-state index < -0.39 is 0 Å². The first-order chi connectivity index (χ1) is 14.9. The molecule has 0 spiro atoms. The van der Waals surface area contributed by atoms with Crippen molar-refractivity contribution in [3.05, 3.63) is 120 Å². The third-order valence-electron chi connectivity index (χ3n) is 6.71. The van der Waals surface area contributed by atoms with E-state index in [2.05, 4.69) is 109 Å². The second kappa shape index (κ2) is 8.71. The molecule has 0 aromatic heterocycles. The fourth-order valence-electron chi connectivity index (χ4n) is 4.92. The molecule has 0 bridgehead atoms. The van der Waals surface area contributed by atoms with Gasteiger partial charge in [-0.15, -0.1) is 0 Å². The van der Waals surface area contributed by atoms with Crippen molar-refractivity contribution in [3.8, 4) is 22.3 Å². The first-order valence-corrected chi connectivity index (χ1v) is 11.2. The normalized spacial score (nSPS) is 18.8. The van der Waals surface area contributed by atoms with E-state index >= 15 is 0 Å². The highest BCUT2D eigenvalue weighted by molar-refractivity contribution is 5.64. The minimum Gasteiger partial charge on any atom is -0.0622 e. The second-order valence-corrected chi connectivity index (χ2v) is 8.52. The van der Waals surface area contributed by atoms with E-state index in [1.165, 1.54) is 59.1 Å². The summed E-state index contributed by atoms with van der Waals surface area (Å²) in [5, 5.41) is 0. The highest BCUT2D eigenvalue weighted by atomic mass is 14.3. The van der Waals surface area contributed by atoms with Gasteiger partial charge in [0.05, 0.1) is 0 Å². The first kappa shape index (κ1) is 18.9. The van der Waals surface area contributed by atoms with Gasteiger partial charge in [0.1, 0.15) is 0 Å². The van der Waals surface area contributed by atoms with Crippen molar-refractivity contribution in [1.29, 1.82) is 0 Å². The van der Waals surface area contributed by atoms with Crippen LogP contribution in [0.5, 0.6) is 0 Å². The lowest BCUT2D eigenvalue weighted by Crippen LogP contribution is -2.12. The first-order valence-electron chi connectivity index (χ1n) is 11.2. The van der Waals surface area contributed by atoms with Crippen molar-refractivity contribution >= 4 is 0 Å². The van der Waals surface area contributed by atoms with E-state index in [-0.39, 0.29) is 0 Å². The molecule has 1 aliphatic carbocycles. The van der Waals surface area contributed by atoms with Gasteiger partial charge in [0.2, 0.25) is 0 Å². The summed E-state index contributed by atoms with van der Waals surface area (Å²) in [6, 6.07) is 39.9. The summed E-state index contributed by atoms with van der Waals surface area (Å²) < 4.78 is 0. The predicted molar refractivity (Wildman–Crippen MR) is 128 cm³/mol. The summed E-state index contributed by atoms with van der Waals surface area (Å²) in [5.74, 6) is 1.41. The lowest BCUT2D eigenvalue weighted by molar-refractivity contribution is 0.396. The standard InChI is InChI=1S/C30H28/c1-3-7-23(8-4-1)25-11-15-27(16-12-25)29-19-21-30(22-20-29)28-17-13-26(14-18-28)24-9-5-2-6-10-24/h1-18,29-30H,19-22H2. The maximum absolute atomic E-state index is 2.35. The maximum Gasteiger partial charge on any atom is -0.0162 e. The fourth-order valence-corrected chi connectivity index (χ4v) is 4.92. The molecule has 0 radical (unpaired) electrons. The van der Waals surface area contributed by atoms with Crippen LogP contribution in [-0.2, 0) is 0 Å². The Hall–Kier alpha value is -3.12. The van der Waals surface area contributed by atoms with Gasteiger partial charge < -0.3 is 0 Å². The Balaban J connectivity index is 1.22. The Kier molecular flexibility index (Phi) is 5.48. The van der Waals surface area contributed by atoms with Gasteiger partial charge in [-0.2, -0.15) is 0 Å². The maximum atomic E-state index is 2.35. The molecule has 0 heterocycles. The van der Waals surface area contributed by atoms with Crippen LogP contribution in [0.15, 0.2) is 109 Å². The molecule has 0 nitrogen and oxygen atoms in total. The van der Waals surface area contributed by atoms with E-state index in [9.17, 15) is 0 Å². The molecule has 1 saturated carbocycles. The average molecular weight is 389 g/mol. The molecule has 0 saturated heterocycles.